The maximum atomic E-state index is 11.4. The number of piperazine rings is 1. The number of carbonyl (C=O) groups excluding carboxylic acids is 2. The predicted octanol–water partition coefficient (Wildman–Crippen LogP) is -0.281. The lowest BCUT2D eigenvalue weighted by molar-refractivity contribution is -0.121. The van der Waals surface area contributed by atoms with Crippen molar-refractivity contribution in [3.8, 4) is 0 Å². The zero-order chi connectivity index (χ0) is 12.5. The van der Waals surface area contributed by atoms with Crippen molar-refractivity contribution in [2.24, 2.45) is 0 Å². The van der Waals surface area contributed by atoms with E-state index >= 15 is 0 Å². The van der Waals surface area contributed by atoms with Crippen molar-refractivity contribution in [3.05, 3.63) is 0 Å². The van der Waals surface area contributed by atoms with E-state index in [0.717, 1.165) is 39.0 Å². The minimum Gasteiger partial charge on any atom is -0.355 e. The van der Waals surface area contributed by atoms with Crippen LogP contribution in [0.15, 0.2) is 0 Å². The number of hydrogen-bond donors (Lipinski definition) is 1. The highest BCUT2D eigenvalue weighted by Gasteiger charge is 2.13. The third kappa shape index (κ3) is 6.38. The molecule has 0 spiro atoms. The van der Waals surface area contributed by atoms with Gasteiger partial charge >= 0.3 is 0 Å². The number of aldehydes is 1. The largest absolute Gasteiger partial charge is 0.355 e. The van der Waals surface area contributed by atoms with Crippen LogP contribution in [0, 0.1) is 0 Å². The van der Waals surface area contributed by atoms with E-state index in [0.29, 0.717) is 25.8 Å². The lowest BCUT2D eigenvalue weighted by atomic mass is 10.2. The molecule has 0 radical (unpaired) electrons. The lowest BCUT2D eigenvalue weighted by Crippen LogP contribution is -2.46. The molecule has 0 saturated carbocycles. The summed E-state index contributed by atoms with van der Waals surface area (Å²) >= 11 is 0. The first-order valence-corrected chi connectivity index (χ1v) is 6.33. The van der Waals surface area contributed by atoms with Crippen molar-refractivity contribution in [2.45, 2.75) is 19.3 Å². The Bertz CT molecular complexity index is 238. The predicted molar refractivity (Wildman–Crippen MR) is 66.9 cm³/mol. The molecule has 0 aliphatic carbocycles. The zero-order valence-corrected chi connectivity index (χ0v) is 10.7. The van der Waals surface area contributed by atoms with Gasteiger partial charge in [-0.3, -0.25) is 9.69 Å². The highest BCUT2D eigenvalue weighted by molar-refractivity contribution is 5.76. The molecule has 0 bridgehead atoms. The molecule has 0 aromatic carbocycles. The number of unbranched alkanes of at least 4 members (excludes halogenated alkanes) is 1. The van der Waals surface area contributed by atoms with Gasteiger partial charge in [0.05, 0.1) is 0 Å². The summed E-state index contributed by atoms with van der Waals surface area (Å²) in [5.41, 5.74) is 0. The Hall–Kier alpha value is -0.940. The number of rotatable bonds is 7. The molecule has 17 heavy (non-hydrogen) atoms. The first kappa shape index (κ1) is 14.1. The van der Waals surface area contributed by atoms with Crippen molar-refractivity contribution < 1.29 is 9.59 Å². The second-order valence-electron chi connectivity index (χ2n) is 4.55. The van der Waals surface area contributed by atoms with Gasteiger partial charge in [-0.15, -0.1) is 0 Å². The molecule has 1 aliphatic rings. The Morgan fingerprint density at radius 1 is 1.29 bits per heavy atom. The number of nitrogens with one attached hydrogen (secondary N) is 1. The minimum atomic E-state index is 0.0565. The fourth-order valence-electron chi connectivity index (χ4n) is 1.86. The third-order valence-electron chi connectivity index (χ3n) is 3.07. The summed E-state index contributed by atoms with van der Waals surface area (Å²) in [4.78, 5) is 26.1. The van der Waals surface area contributed by atoms with Gasteiger partial charge in [-0.25, -0.2) is 0 Å². The van der Waals surface area contributed by atoms with Crippen molar-refractivity contribution in [2.75, 3.05) is 46.3 Å². The SMILES string of the molecule is CN1CCN(CCNC(=O)CCCC=O)CC1. The van der Waals surface area contributed by atoms with Crippen molar-refractivity contribution in [1.29, 1.82) is 0 Å². The number of hydrogen-bond acceptors (Lipinski definition) is 4. The highest BCUT2D eigenvalue weighted by Crippen LogP contribution is 1.97. The minimum absolute atomic E-state index is 0.0565. The van der Waals surface area contributed by atoms with Crippen LogP contribution in [0.3, 0.4) is 0 Å². The van der Waals surface area contributed by atoms with Crippen LogP contribution in [-0.4, -0.2) is 68.3 Å². The highest BCUT2D eigenvalue weighted by atomic mass is 16.1. The Labute approximate surface area is 103 Å². The molecule has 0 aromatic heterocycles. The monoisotopic (exact) mass is 241 g/mol. The molecule has 5 nitrogen and oxygen atoms in total. The summed E-state index contributed by atoms with van der Waals surface area (Å²) in [7, 11) is 2.13. The zero-order valence-electron chi connectivity index (χ0n) is 10.7. The van der Waals surface area contributed by atoms with Gasteiger partial charge in [-0.05, 0) is 13.5 Å². The Balaban J connectivity index is 1.99. The van der Waals surface area contributed by atoms with E-state index in [1.54, 1.807) is 0 Å². The fourth-order valence-corrected chi connectivity index (χ4v) is 1.86. The normalized spacial score (nSPS) is 17.9. The van der Waals surface area contributed by atoms with Gasteiger partial charge < -0.3 is 15.0 Å². The quantitative estimate of drug-likeness (QED) is 0.492. The molecule has 1 N–H and O–H groups in total. The fraction of sp³-hybridized carbons (Fsp3) is 0.833. The molecule has 1 rings (SSSR count). The van der Waals surface area contributed by atoms with Crippen molar-refractivity contribution in [1.82, 2.24) is 15.1 Å². The van der Waals surface area contributed by atoms with Gasteiger partial charge in [-0.2, -0.15) is 0 Å². The van der Waals surface area contributed by atoms with Crippen molar-refractivity contribution in [3.63, 3.8) is 0 Å². The number of carbonyl (C=O) groups is 2. The standard InChI is InChI=1S/C12H23N3O2/c1-14-7-9-15(10-8-14)6-5-13-12(17)4-2-3-11-16/h11H,2-10H2,1H3,(H,13,17). The Morgan fingerprint density at radius 3 is 2.65 bits per heavy atom. The van der Waals surface area contributed by atoms with Gasteiger partial charge in [0.15, 0.2) is 0 Å². The number of nitrogens with zero attached hydrogens (tertiary/aromatic N) is 2. The lowest BCUT2D eigenvalue weighted by Gasteiger charge is -2.32. The van der Waals surface area contributed by atoms with Crippen LogP contribution >= 0.6 is 0 Å². The van der Waals surface area contributed by atoms with Crippen LogP contribution < -0.4 is 5.32 Å². The maximum Gasteiger partial charge on any atom is 0.220 e. The number of likely N-dealkylation sites (N-methyl/N-ethyl adjacent to an activating group) is 1. The molecule has 1 fully saturated rings. The van der Waals surface area contributed by atoms with Crippen LogP contribution in [0.5, 0.6) is 0 Å². The Morgan fingerprint density at radius 2 is 2.00 bits per heavy atom. The summed E-state index contributed by atoms with van der Waals surface area (Å²) in [6.45, 7) is 6.01. The van der Waals surface area contributed by atoms with Crippen LogP contribution in [-0.2, 0) is 9.59 Å². The molecule has 98 valence electrons. The van der Waals surface area contributed by atoms with Gasteiger partial charge in [0, 0.05) is 52.1 Å². The molecule has 1 amide bonds. The van der Waals surface area contributed by atoms with E-state index < -0.39 is 0 Å². The van der Waals surface area contributed by atoms with E-state index in [-0.39, 0.29) is 5.91 Å². The first-order valence-electron chi connectivity index (χ1n) is 6.33. The summed E-state index contributed by atoms with van der Waals surface area (Å²) in [5.74, 6) is 0.0565. The summed E-state index contributed by atoms with van der Waals surface area (Å²) < 4.78 is 0. The summed E-state index contributed by atoms with van der Waals surface area (Å²) in [6, 6.07) is 0. The molecule has 0 unspecified atom stereocenters. The van der Waals surface area contributed by atoms with Crippen molar-refractivity contribution >= 4 is 12.2 Å². The van der Waals surface area contributed by atoms with Gasteiger partial charge in [0.2, 0.25) is 5.91 Å². The van der Waals surface area contributed by atoms with Crippen LogP contribution in [0.2, 0.25) is 0 Å². The summed E-state index contributed by atoms with van der Waals surface area (Å²) in [5, 5.41) is 2.89. The topological polar surface area (TPSA) is 52.6 Å². The second kappa shape index (κ2) is 8.20. The average molecular weight is 241 g/mol. The van der Waals surface area contributed by atoms with E-state index in [2.05, 4.69) is 22.2 Å². The van der Waals surface area contributed by atoms with E-state index in [4.69, 9.17) is 0 Å². The van der Waals surface area contributed by atoms with E-state index in [1.165, 1.54) is 0 Å². The molecular formula is C12H23N3O2. The molecule has 5 heteroatoms. The molecule has 1 heterocycles. The van der Waals surface area contributed by atoms with Crippen LogP contribution in [0.1, 0.15) is 19.3 Å². The van der Waals surface area contributed by atoms with Crippen LogP contribution in [0.4, 0.5) is 0 Å². The van der Waals surface area contributed by atoms with Gasteiger partial charge in [-0.1, -0.05) is 0 Å². The van der Waals surface area contributed by atoms with E-state index in [9.17, 15) is 9.59 Å². The third-order valence-corrected chi connectivity index (χ3v) is 3.07. The molecule has 0 atom stereocenters. The molecule has 1 saturated heterocycles. The smallest absolute Gasteiger partial charge is 0.220 e. The Kier molecular flexibility index (Phi) is 6.81. The second-order valence-corrected chi connectivity index (χ2v) is 4.55. The van der Waals surface area contributed by atoms with Crippen LogP contribution in [0.25, 0.3) is 0 Å². The number of amides is 1. The summed E-state index contributed by atoms with van der Waals surface area (Å²) in [6.07, 6.45) is 2.45. The molecule has 1 aliphatic heterocycles. The average Bonchev–Trinajstić information content (AvgIpc) is 2.32. The first-order chi connectivity index (χ1) is 8.22. The van der Waals surface area contributed by atoms with Gasteiger partial charge in [0.1, 0.15) is 6.29 Å². The maximum absolute atomic E-state index is 11.4. The molecular weight excluding hydrogens is 218 g/mol. The van der Waals surface area contributed by atoms with Gasteiger partial charge in [0.25, 0.3) is 0 Å². The van der Waals surface area contributed by atoms with E-state index in [1.807, 2.05) is 0 Å². The molecule has 0 aromatic rings.